The van der Waals surface area contributed by atoms with Crippen molar-refractivity contribution in [2.24, 2.45) is 17.8 Å². The maximum Gasteiger partial charge on any atom is 0.139 e. The first kappa shape index (κ1) is 18.4. The average molecular weight is 371 g/mol. The van der Waals surface area contributed by atoms with Crippen LogP contribution in [0.15, 0.2) is 12.1 Å². The van der Waals surface area contributed by atoms with Crippen LogP contribution >= 0.6 is 23.2 Å². The van der Waals surface area contributed by atoms with E-state index in [0.717, 1.165) is 30.6 Å². The highest BCUT2D eigenvalue weighted by Gasteiger charge is 2.30. The molecule has 2 atom stereocenters. The Morgan fingerprint density at radius 2 is 1.71 bits per heavy atom. The summed E-state index contributed by atoms with van der Waals surface area (Å²) < 4.78 is 11.8. The first-order valence-corrected chi connectivity index (χ1v) is 9.99. The molecule has 0 N–H and O–H groups in total. The first-order chi connectivity index (χ1) is 11.5. The molecule has 1 saturated carbocycles. The molecule has 24 heavy (non-hydrogen) atoms. The van der Waals surface area contributed by atoms with Crippen LogP contribution < -0.4 is 4.74 Å². The Hall–Kier alpha value is -0.440. The van der Waals surface area contributed by atoms with Crippen molar-refractivity contribution in [3.8, 4) is 5.75 Å². The molecule has 0 amide bonds. The highest BCUT2D eigenvalue weighted by molar-refractivity contribution is 6.43. The second-order valence-electron chi connectivity index (χ2n) is 7.58. The van der Waals surface area contributed by atoms with Crippen LogP contribution in [0.4, 0.5) is 0 Å². The third kappa shape index (κ3) is 4.39. The van der Waals surface area contributed by atoms with Crippen LogP contribution in [-0.4, -0.2) is 19.3 Å². The van der Waals surface area contributed by atoms with Crippen molar-refractivity contribution in [1.82, 2.24) is 0 Å². The van der Waals surface area contributed by atoms with Crippen LogP contribution in [-0.2, 0) is 4.74 Å². The Balaban J connectivity index is 1.45. The molecule has 0 spiro atoms. The SMILES string of the molecule is Cc1ccc(OCC2CCC([C@@H]3CCC(C)OC3)CC2)c(Cl)c1Cl. The molecular weight excluding hydrogens is 343 g/mol. The summed E-state index contributed by atoms with van der Waals surface area (Å²) in [6.45, 7) is 5.84. The molecule has 134 valence electrons. The zero-order valence-corrected chi connectivity index (χ0v) is 16.2. The lowest BCUT2D eigenvalue weighted by molar-refractivity contribution is -0.0305. The average Bonchev–Trinajstić information content (AvgIpc) is 2.60. The van der Waals surface area contributed by atoms with Crippen LogP contribution in [0.5, 0.6) is 5.75 Å². The Kier molecular flexibility index (Phi) is 6.34. The highest BCUT2D eigenvalue weighted by Crippen LogP contribution is 2.39. The molecule has 1 aromatic carbocycles. The summed E-state index contributed by atoms with van der Waals surface area (Å²) in [5, 5.41) is 1.14. The molecule has 1 aromatic rings. The van der Waals surface area contributed by atoms with Crippen molar-refractivity contribution < 1.29 is 9.47 Å². The van der Waals surface area contributed by atoms with Crippen molar-refractivity contribution in [2.45, 2.75) is 58.5 Å². The van der Waals surface area contributed by atoms with Crippen molar-refractivity contribution in [2.75, 3.05) is 13.2 Å². The van der Waals surface area contributed by atoms with Crippen LogP contribution in [0, 0.1) is 24.7 Å². The van der Waals surface area contributed by atoms with E-state index in [1.54, 1.807) is 0 Å². The summed E-state index contributed by atoms with van der Waals surface area (Å²) in [7, 11) is 0. The minimum atomic E-state index is 0.456. The van der Waals surface area contributed by atoms with E-state index in [0.29, 0.717) is 27.8 Å². The van der Waals surface area contributed by atoms with Crippen molar-refractivity contribution in [3.05, 3.63) is 27.7 Å². The predicted octanol–water partition coefficient (Wildman–Crippen LogP) is 6.30. The molecule has 2 nitrogen and oxygen atoms in total. The predicted molar refractivity (Wildman–Crippen MR) is 100 cm³/mol. The minimum Gasteiger partial charge on any atom is -0.492 e. The van der Waals surface area contributed by atoms with Gasteiger partial charge >= 0.3 is 0 Å². The molecule has 2 aliphatic rings. The fourth-order valence-corrected chi connectivity index (χ4v) is 4.47. The molecule has 2 fully saturated rings. The number of aryl methyl sites for hydroxylation is 1. The molecule has 0 aromatic heterocycles. The standard InChI is InChI=1S/C20H28Cl2O2/c1-13-3-10-18(20(22)19(13)21)24-11-15-5-8-16(9-6-15)17-7-4-14(2)23-12-17/h3,10,14-17H,4-9,11-12H2,1-2H3/t14?,15?,16?,17-/m1/s1. The van der Waals surface area contributed by atoms with Crippen molar-refractivity contribution in [3.63, 3.8) is 0 Å². The van der Waals surface area contributed by atoms with Crippen molar-refractivity contribution in [1.29, 1.82) is 0 Å². The highest BCUT2D eigenvalue weighted by atomic mass is 35.5. The quantitative estimate of drug-likeness (QED) is 0.618. The third-order valence-corrected chi connectivity index (χ3v) is 6.77. The summed E-state index contributed by atoms with van der Waals surface area (Å²) >= 11 is 12.5. The number of hydrogen-bond acceptors (Lipinski definition) is 2. The summed E-state index contributed by atoms with van der Waals surface area (Å²) in [4.78, 5) is 0. The fourth-order valence-electron chi connectivity index (χ4n) is 4.05. The Morgan fingerprint density at radius 1 is 1.00 bits per heavy atom. The molecular formula is C20H28Cl2O2. The summed E-state index contributed by atoms with van der Waals surface area (Å²) in [6, 6.07) is 3.89. The lowest BCUT2D eigenvalue weighted by atomic mass is 9.74. The van der Waals surface area contributed by atoms with E-state index in [4.69, 9.17) is 32.7 Å². The number of hydrogen-bond donors (Lipinski definition) is 0. The van der Waals surface area contributed by atoms with Crippen LogP contribution in [0.25, 0.3) is 0 Å². The Labute approximate surface area is 155 Å². The molecule has 1 aliphatic carbocycles. The Morgan fingerprint density at radius 3 is 2.38 bits per heavy atom. The second kappa shape index (κ2) is 8.29. The van der Waals surface area contributed by atoms with Gasteiger partial charge in [-0.1, -0.05) is 29.3 Å². The topological polar surface area (TPSA) is 18.5 Å². The smallest absolute Gasteiger partial charge is 0.139 e. The molecule has 1 heterocycles. The second-order valence-corrected chi connectivity index (χ2v) is 8.34. The van der Waals surface area contributed by atoms with E-state index >= 15 is 0 Å². The van der Waals surface area contributed by atoms with Gasteiger partial charge in [-0.2, -0.15) is 0 Å². The molecule has 1 saturated heterocycles. The number of ether oxygens (including phenoxy) is 2. The lowest BCUT2D eigenvalue weighted by Gasteiger charge is -2.37. The number of halogens is 2. The number of rotatable bonds is 4. The third-order valence-electron chi connectivity index (χ3n) is 5.81. The van der Waals surface area contributed by atoms with E-state index in [2.05, 4.69) is 6.92 Å². The molecule has 3 rings (SSSR count). The fraction of sp³-hybridized carbons (Fsp3) is 0.700. The first-order valence-electron chi connectivity index (χ1n) is 9.23. The van der Waals surface area contributed by atoms with Gasteiger partial charge in [0.15, 0.2) is 0 Å². The lowest BCUT2D eigenvalue weighted by Crippen LogP contribution is -2.32. The van der Waals surface area contributed by atoms with Crippen molar-refractivity contribution >= 4 is 23.2 Å². The van der Waals surface area contributed by atoms with Crippen LogP contribution in [0.1, 0.15) is 51.0 Å². The largest absolute Gasteiger partial charge is 0.492 e. The van der Waals surface area contributed by atoms with E-state index < -0.39 is 0 Å². The van der Waals surface area contributed by atoms with Gasteiger partial charge in [0, 0.05) is 0 Å². The maximum absolute atomic E-state index is 6.28. The van der Waals surface area contributed by atoms with E-state index in [1.807, 2.05) is 19.1 Å². The zero-order valence-electron chi connectivity index (χ0n) is 14.7. The molecule has 0 radical (unpaired) electrons. The van der Waals surface area contributed by atoms with Crippen LogP contribution in [0.2, 0.25) is 10.0 Å². The molecule has 1 unspecified atom stereocenters. The summed E-state index contributed by atoms with van der Waals surface area (Å²) in [6.07, 6.45) is 8.11. The monoisotopic (exact) mass is 370 g/mol. The molecule has 4 heteroatoms. The van der Waals surface area contributed by atoms with Gasteiger partial charge in [-0.05, 0) is 81.8 Å². The van der Waals surface area contributed by atoms with Gasteiger partial charge in [-0.15, -0.1) is 0 Å². The number of benzene rings is 1. The summed E-state index contributed by atoms with van der Waals surface area (Å²) in [5.74, 6) is 2.95. The van der Waals surface area contributed by atoms with E-state index in [9.17, 15) is 0 Å². The van der Waals surface area contributed by atoms with Gasteiger partial charge in [-0.25, -0.2) is 0 Å². The maximum atomic E-state index is 6.28. The normalized spacial score (nSPS) is 31.0. The van der Waals surface area contributed by atoms with Gasteiger partial charge in [0.1, 0.15) is 10.8 Å². The van der Waals surface area contributed by atoms with E-state index in [1.165, 1.54) is 38.5 Å². The van der Waals surface area contributed by atoms with Crippen LogP contribution in [0.3, 0.4) is 0 Å². The van der Waals surface area contributed by atoms with E-state index in [-0.39, 0.29) is 0 Å². The summed E-state index contributed by atoms with van der Waals surface area (Å²) in [5.41, 5.74) is 0.985. The van der Waals surface area contributed by atoms with Gasteiger partial charge in [-0.3, -0.25) is 0 Å². The molecule has 1 aliphatic heterocycles. The van der Waals surface area contributed by atoms with Gasteiger partial charge in [0.25, 0.3) is 0 Å². The zero-order chi connectivity index (χ0) is 17.1. The minimum absolute atomic E-state index is 0.456. The Bertz CT molecular complexity index is 545. The van der Waals surface area contributed by atoms with Gasteiger partial charge in [0.2, 0.25) is 0 Å². The van der Waals surface area contributed by atoms with Gasteiger partial charge < -0.3 is 9.47 Å². The van der Waals surface area contributed by atoms with Gasteiger partial charge in [0.05, 0.1) is 24.3 Å². The molecule has 0 bridgehead atoms.